The zero-order valence-electron chi connectivity index (χ0n) is 18.5. The van der Waals surface area contributed by atoms with Crippen LogP contribution in [0.1, 0.15) is 19.8 Å². The number of benzene rings is 1. The number of carbonyl (C=O) groups is 1. The molecule has 0 saturated heterocycles. The van der Waals surface area contributed by atoms with Gasteiger partial charge in [0, 0.05) is 17.5 Å². The van der Waals surface area contributed by atoms with Crippen LogP contribution in [0.2, 0.25) is 0 Å². The maximum atomic E-state index is 13.7. The Morgan fingerprint density at radius 3 is 2.76 bits per heavy atom. The van der Waals surface area contributed by atoms with Crippen molar-refractivity contribution in [3.63, 3.8) is 0 Å². The molecule has 1 N–H and O–H groups in total. The second-order valence-electron chi connectivity index (χ2n) is 9.11. The van der Waals surface area contributed by atoms with Gasteiger partial charge in [-0.15, -0.1) is 0 Å². The fourth-order valence-electron chi connectivity index (χ4n) is 5.41. The summed E-state index contributed by atoms with van der Waals surface area (Å²) in [6, 6.07) is 9.93. The number of hydrogen-bond donors (Lipinski definition) is 1. The van der Waals surface area contributed by atoms with Crippen molar-refractivity contribution in [3.05, 3.63) is 67.3 Å². The van der Waals surface area contributed by atoms with Crippen LogP contribution in [0.4, 0.5) is 10.2 Å². The van der Waals surface area contributed by atoms with Crippen LogP contribution in [0.3, 0.4) is 0 Å². The quantitative estimate of drug-likeness (QED) is 0.469. The molecule has 1 unspecified atom stereocenters. The van der Waals surface area contributed by atoms with E-state index in [1.807, 2.05) is 13.0 Å². The van der Waals surface area contributed by atoms with Crippen LogP contribution >= 0.6 is 0 Å². The maximum Gasteiger partial charge on any atom is 0.228 e. The van der Waals surface area contributed by atoms with Gasteiger partial charge in [0.05, 0.1) is 23.5 Å². The molecule has 3 heterocycles. The number of nitrogens with one attached hydrogen (secondary N) is 1. The van der Waals surface area contributed by atoms with E-state index < -0.39 is 0 Å². The second kappa shape index (κ2) is 8.16. The first kappa shape index (κ1) is 20.7. The van der Waals surface area contributed by atoms with Crippen molar-refractivity contribution in [1.29, 1.82) is 0 Å². The lowest BCUT2D eigenvalue weighted by atomic mass is 9.97. The van der Waals surface area contributed by atoms with Gasteiger partial charge in [-0.2, -0.15) is 5.10 Å². The molecular formula is C25H23FN6O2. The molecule has 0 aliphatic heterocycles. The second-order valence-corrected chi connectivity index (χ2v) is 9.11. The molecular weight excluding hydrogens is 435 g/mol. The molecule has 1 aromatic carbocycles. The summed E-state index contributed by atoms with van der Waals surface area (Å²) in [7, 11) is 0. The Morgan fingerprint density at radius 2 is 2.03 bits per heavy atom. The largest absolute Gasteiger partial charge is 0.490 e. The van der Waals surface area contributed by atoms with Gasteiger partial charge < -0.3 is 10.1 Å². The molecule has 4 aromatic rings. The number of amides is 1. The van der Waals surface area contributed by atoms with Gasteiger partial charge in [0.1, 0.15) is 30.0 Å². The molecule has 9 heteroatoms. The Balaban J connectivity index is 1.05. The molecule has 2 saturated carbocycles. The average molecular weight is 458 g/mol. The van der Waals surface area contributed by atoms with E-state index >= 15 is 0 Å². The molecule has 0 bridgehead atoms. The molecule has 5 atom stereocenters. The molecule has 2 fully saturated rings. The Hall–Kier alpha value is -3.88. The van der Waals surface area contributed by atoms with E-state index in [1.54, 1.807) is 41.6 Å². The van der Waals surface area contributed by atoms with Crippen molar-refractivity contribution in [2.75, 3.05) is 5.32 Å². The van der Waals surface area contributed by atoms with E-state index in [1.165, 1.54) is 18.5 Å². The van der Waals surface area contributed by atoms with Crippen LogP contribution in [0, 0.1) is 29.5 Å². The van der Waals surface area contributed by atoms with Crippen LogP contribution in [-0.4, -0.2) is 36.7 Å². The van der Waals surface area contributed by atoms with Crippen LogP contribution in [0.15, 0.2) is 61.4 Å². The molecule has 172 valence electrons. The van der Waals surface area contributed by atoms with Crippen molar-refractivity contribution in [3.8, 4) is 11.4 Å². The number of carbonyl (C=O) groups excluding carboxylic acids is 1. The first-order valence-electron chi connectivity index (χ1n) is 11.4. The molecule has 0 spiro atoms. The Morgan fingerprint density at radius 1 is 1.18 bits per heavy atom. The molecule has 3 aromatic heterocycles. The number of hydrogen-bond acceptors (Lipinski definition) is 6. The summed E-state index contributed by atoms with van der Waals surface area (Å²) < 4.78 is 21.6. The Labute approximate surface area is 195 Å². The highest BCUT2D eigenvalue weighted by molar-refractivity contribution is 5.92. The fourth-order valence-corrected chi connectivity index (χ4v) is 5.41. The molecule has 2 aliphatic rings. The molecule has 6 rings (SSSR count). The summed E-state index contributed by atoms with van der Waals surface area (Å²) in [5, 5.41) is 7.69. The monoisotopic (exact) mass is 458 g/mol. The van der Waals surface area contributed by atoms with Gasteiger partial charge in [0.2, 0.25) is 5.91 Å². The van der Waals surface area contributed by atoms with Gasteiger partial charge in [-0.3, -0.25) is 9.78 Å². The van der Waals surface area contributed by atoms with Gasteiger partial charge in [0.15, 0.2) is 0 Å². The zero-order chi connectivity index (χ0) is 23.2. The van der Waals surface area contributed by atoms with E-state index in [-0.39, 0.29) is 23.7 Å². The van der Waals surface area contributed by atoms with Crippen molar-refractivity contribution in [1.82, 2.24) is 24.7 Å². The number of anilines is 1. The normalized spacial score (nSPS) is 23.9. The molecule has 2 aliphatic carbocycles. The first-order chi connectivity index (χ1) is 16.6. The van der Waals surface area contributed by atoms with E-state index in [2.05, 4.69) is 25.4 Å². The lowest BCUT2D eigenvalue weighted by Gasteiger charge is -2.20. The summed E-state index contributed by atoms with van der Waals surface area (Å²) >= 11 is 0. The summed E-state index contributed by atoms with van der Waals surface area (Å²) in [5.74, 6) is 2.04. The zero-order valence-corrected chi connectivity index (χ0v) is 18.5. The summed E-state index contributed by atoms with van der Waals surface area (Å²) in [4.78, 5) is 25.4. The van der Waals surface area contributed by atoms with E-state index in [0.717, 1.165) is 18.5 Å². The SMILES string of the molecule is CC(C(=O)Nc1ccc(-n2cncn2)cn1)[C@@H]1[C@@H]2C[C@@H](Oc3ccnc4ccc(F)cc34)C[C@@H]21. The molecule has 1 amide bonds. The van der Waals surface area contributed by atoms with Crippen LogP contribution in [0.5, 0.6) is 5.75 Å². The molecule has 0 radical (unpaired) electrons. The number of fused-ring (bicyclic) bond motifs is 2. The van der Waals surface area contributed by atoms with Crippen molar-refractivity contribution < 1.29 is 13.9 Å². The molecule has 34 heavy (non-hydrogen) atoms. The Bertz CT molecular complexity index is 1330. The van der Waals surface area contributed by atoms with Gasteiger partial charge >= 0.3 is 0 Å². The van der Waals surface area contributed by atoms with E-state index in [9.17, 15) is 9.18 Å². The van der Waals surface area contributed by atoms with Gasteiger partial charge in [-0.1, -0.05) is 6.92 Å². The number of rotatable bonds is 6. The first-order valence-corrected chi connectivity index (χ1v) is 11.4. The summed E-state index contributed by atoms with van der Waals surface area (Å²) in [5.41, 5.74) is 1.49. The number of ether oxygens (including phenoxy) is 1. The minimum absolute atomic E-state index is 0.0199. The number of aromatic nitrogens is 5. The maximum absolute atomic E-state index is 13.7. The van der Waals surface area contributed by atoms with E-state index in [4.69, 9.17) is 4.74 Å². The standard InChI is InChI=1S/C25H23FN6O2/c1-14(25(33)31-23-5-3-16(11-29-23)32-13-27-12-30-32)24-18-9-17(10-19(18)24)34-22-6-7-28-21-4-2-15(26)8-20(21)22/h2-8,11-14,17-19,24H,9-10H2,1H3,(H,29,31,33)/t14?,17-,18-,19+,24-. The topological polar surface area (TPSA) is 94.8 Å². The minimum atomic E-state index is -0.304. The highest BCUT2D eigenvalue weighted by Crippen LogP contribution is 2.61. The summed E-state index contributed by atoms with van der Waals surface area (Å²) in [6.07, 6.45) is 8.26. The minimum Gasteiger partial charge on any atom is -0.490 e. The third kappa shape index (κ3) is 3.76. The smallest absolute Gasteiger partial charge is 0.228 e. The van der Waals surface area contributed by atoms with Crippen molar-refractivity contribution in [2.45, 2.75) is 25.9 Å². The van der Waals surface area contributed by atoms with Crippen LogP contribution in [0.25, 0.3) is 16.6 Å². The predicted molar refractivity (Wildman–Crippen MR) is 123 cm³/mol. The fraction of sp³-hybridized carbons (Fsp3) is 0.320. The predicted octanol–water partition coefficient (Wildman–Crippen LogP) is 4.03. The number of pyridine rings is 2. The Kier molecular flexibility index (Phi) is 4.97. The third-order valence-corrected chi connectivity index (χ3v) is 7.10. The highest BCUT2D eigenvalue weighted by atomic mass is 19.1. The molecule has 8 nitrogen and oxygen atoms in total. The van der Waals surface area contributed by atoms with Crippen LogP contribution in [-0.2, 0) is 4.79 Å². The van der Waals surface area contributed by atoms with E-state index in [0.29, 0.717) is 40.2 Å². The lowest BCUT2D eigenvalue weighted by molar-refractivity contribution is -0.120. The van der Waals surface area contributed by atoms with Crippen molar-refractivity contribution in [2.24, 2.45) is 23.7 Å². The summed E-state index contributed by atoms with van der Waals surface area (Å²) in [6.45, 7) is 1.98. The van der Waals surface area contributed by atoms with Gasteiger partial charge in [-0.25, -0.2) is 19.0 Å². The van der Waals surface area contributed by atoms with Crippen LogP contribution < -0.4 is 10.1 Å². The number of nitrogens with zero attached hydrogens (tertiary/aromatic N) is 5. The van der Waals surface area contributed by atoms with Crippen molar-refractivity contribution >= 4 is 22.6 Å². The highest BCUT2D eigenvalue weighted by Gasteiger charge is 2.59. The van der Waals surface area contributed by atoms with Gasteiger partial charge in [-0.05, 0) is 67.0 Å². The average Bonchev–Trinajstić information content (AvgIpc) is 3.21. The van der Waals surface area contributed by atoms with Gasteiger partial charge in [0.25, 0.3) is 0 Å². The number of halogens is 1. The lowest BCUT2D eigenvalue weighted by Crippen LogP contribution is -2.26. The third-order valence-electron chi connectivity index (χ3n) is 7.10.